The summed E-state index contributed by atoms with van der Waals surface area (Å²) in [7, 11) is 1.32. The van der Waals surface area contributed by atoms with Crippen LogP contribution in [0.2, 0.25) is 0 Å². The van der Waals surface area contributed by atoms with Crippen molar-refractivity contribution in [1.29, 1.82) is 0 Å². The zero-order chi connectivity index (χ0) is 8.31. The minimum Gasteiger partial charge on any atom is -0.785 e. The summed E-state index contributed by atoms with van der Waals surface area (Å²) >= 11 is 0. The molecule has 3 atom stereocenters. The highest BCUT2D eigenvalue weighted by Gasteiger charge is 2.18. The predicted octanol–water partition coefficient (Wildman–Crippen LogP) is -0.454. The van der Waals surface area contributed by atoms with E-state index in [1.54, 1.807) is 6.92 Å². The fourth-order valence-corrected chi connectivity index (χ4v) is 0.618. The lowest BCUT2D eigenvalue weighted by Crippen LogP contribution is -2.41. The zero-order valence-electron chi connectivity index (χ0n) is 6.48. The van der Waals surface area contributed by atoms with Gasteiger partial charge in [0.1, 0.15) is 0 Å². The molecule has 4 heteroatoms. The molecule has 0 amide bonds. The molecule has 0 aliphatic carbocycles. The second-order valence-electron chi connectivity index (χ2n) is 2.52. The highest BCUT2D eigenvalue weighted by molar-refractivity contribution is 4.76. The van der Waals surface area contributed by atoms with Crippen LogP contribution in [0.25, 0.3) is 0 Å². The molecule has 62 valence electrons. The van der Waals surface area contributed by atoms with E-state index in [9.17, 15) is 5.21 Å². The molecule has 0 radical (unpaired) electrons. The lowest BCUT2D eigenvalue weighted by Gasteiger charge is -2.34. The van der Waals surface area contributed by atoms with Gasteiger partial charge >= 0.3 is 0 Å². The summed E-state index contributed by atoms with van der Waals surface area (Å²) in [6.45, 7) is 3.01. The average molecular weight is 148 g/mol. The first-order valence-electron chi connectivity index (χ1n) is 3.23. The summed E-state index contributed by atoms with van der Waals surface area (Å²) in [5.74, 6) is 0. The Kier molecular flexibility index (Phi) is 3.81. The van der Waals surface area contributed by atoms with Crippen molar-refractivity contribution in [2.45, 2.75) is 32.1 Å². The Labute approximate surface area is 60.7 Å². The molecule has 0 spiro atoms. The van der Waals surface area contributed by atoms with Gasteiger partial charge in [0.05, 0.1) is 12.2 Å². The van der Waals surface area contributed by atoms with Crippen LogP contribution in [0.1, 0.15) is 13.8 Å². The highest BCUT2D eigenvalue weighted by Crippen LogP contribution is 2.03. The minimum atomic E-state index is -0.970. The lowest BCUT2D eigenvalue weighted by atomic mass is 10.1. The quantitative estimate of drug-likeness (QED) is 0.532. The smallest absolute Gasteiger partial charge is 0.0939 e. The monoisotopic (exact) mass is 148 g/mol. The second-order valence-corrected chi connectivity index (χ2v) is 2.52. The van der Waals surface area contributed by atoms with Crippen molar-refractivity contribution in [1.82, 2.24) is 5.06 Å². The van der Waals surface area contributed by atoms with E-state index >= 15 is 0 Å². The molecule has 0 heterocycles. The molecule has 0 rings (SSSR count). The van der Waals surface area contributed by atoms with Gasteiger partial charge in [-0.3, -0.25) is 0 Å². The van der Waals surface area contributed by atoms with E-state index < -0.39 is 18.2 Å². The van der Waals surface area contributed by atoms with E-state index in [4.69, 9.17) is 10.2 Å². The number of nitrogens with zero attached hydrogens (tertiary/aromatic N) is 1. The van der Waals surface area contributed by atoms with Crippen LogP contribution in [-0.4, -0.2) is 40.6 Å². The van der Waals surface area contributed by atoms with Crippen LogP contribution in [0.5, 0.6) is 0 Å². The maximum Gasteiger partial charge on any atom is 0.0939 e. The van der Waals surface area contributed by atoms with Crippen molar-refractivity contribution >= 4 is 0 Å². The second kappa shape index (κ2) is 3.88. The van der Waals surface area contributed by atoms with Crippen LogP contribution in [0, 0.1) is 5.21 Å². The first kappa shape index (κ1) is 9.84. The zero-order valence-corrected chi connectivity index (χ0v) is 6.48. The topological polar surface area (TPSA) is 66.8 Å². The Hall–Kier alpha value is -0.160. The van der Waals surface area contributed by atoms with Gasteiger partial charge in [-0.05, 0) is 20.9 Å². The highest BCUT2D eigenvalue weighted by atomic mass is 16.5. The molecule has 0 aliphatic rings. The van der Waals surface area contributed by atoms with E-state index in [1.165, 1.54) is 14.0 Å². The van der Waals surface area contributed by atoms with Crippen LogP contribution in [0.4, 0.5) is 0 Å². The van der Waals surface area contributed by atoms with E-state index in [1.807, 2.05) is 0 Å². The molecule has 0 aromatic carbocycles. The fraction of sp³-hybridized carbons (Fsp3) is 1.00. The number of hydrogen-bond donors (Lipinski definition) is 2. The SMILES string of the molecule is CC(O)C(O)C(C)N(C)[O-]. The van der Waals surface area contributed by atoms with Crippen molar-refractivity contribution in [2.75, 3.05) is 7.05 Å². The average Bonchev–Trinajstić information content (AvgIpc) is 1.84. The Bertz CT molecular complexity index is 83.0. The predicted molar refractivity (Wildman–Crippen MR) is 38.3 cm³/mol. The van der Waals surface area contributed by atoms with Crippen molar-refractivity contribution in [3.05, 3.63) is 5.21 Å². The van der Waals surface area contributed by atoms with Gasteiger partial charge in [0.15, 0.2) is 0 Å². The fourth-order valence-electron chi connectivity index (χ4n) is 0.618. The molecule has 0 saturated carbocycles. The molecule has 2 N–H and O–H groups in total. The lowest BCUT2D eigenvalue weighted by molar-refractivity contribution is -0.00881. The molecule has 10 heavy (non-hydrogen) atoms. The summed E-state index contributed by atoms with van der Waals surface area (Å²) < 4.78 is 0. The summed E-state index contributed by atoms with van der Waals surface area (Å²) in [5, 5.41) is 29.1. The molecular weight excluding hydrogens is 134 g/mol. The van der Waals surface area contributed by atoms with Gasteiger partial charge < -0.3 is 20.5 Å². The van der Waals surface area contributed by atoms with Crippen molar-refractivity contribution in [2.24, 2.45) is 0 Å². The molecule has 0 bridgehead atoms. The molecule has 0 aromatic heterocycles. The normalized spacial score (nSPS) is 20.7. The van der Waals surface area contributed by atoms with E-state index in [-0.39, 0.29) is 0 Å². The Balaban J connectivity index is 3.81. The van der Waals surface area contributed by atoms with Crippen molar-refractivity contribution in [3.63, 3.8) is 0 Å². The van der Waals surface area contributed by atoms with Crippen LogP contribution in [0.15, 0.2) is 0 Å². The maximum absolute atomic E-state index is 10.5. The first-order chi connectivity index (χ1) is 4.46. The third-order valence-corrected chi connectivity index (χ3v) is 1.56. The van der Waals surface area contributed by atoms with Gasteiger partial charge in [0.25, 0.3) is 0 Å². The van der Waals surface area contributed by atoms with Gasteiger partial charge in [-0.15, -0.1) is 0 Å². The number of hydrogen-bond acceptors (Lipinski definition) is 4. The summed E-state index contributed by atoms with van der Waals surface area (Å²) in [5.41, 5.74) is 0. The van der Waals surface area contributed by atoms with E-state index in [0.717, 1.165) is 0 Å². The van der Waals surface area contributed by atoms with Crippen molar-refractivity contribution < 1.29 is 10.2 Å². The molecule has 4 nitrogen and oxygen atoms in total. The Morgan fingerprint density at radius 3 is 1.80 bits per heavy atom. The molecule has 0 aromatic rings. The Morgan fingerprint density at radius 1 is 1.30 bits per heavy atom. The minimum absolute atomic E-state index is 0.556. The molecule has 0 aliphatic heterocycles. The van der Waals surface area contributed by atoms with Crippen LogP contribution in [-0.2, 0) is 0 Å². The van der Waals surface area contributed by atoms with Crippen LogP contribution in [0.3, 0.4) is 0 Å². The number of rotatable bonds is 3. The summed E-state index contributed by atoms with van der Waals surface area (Å²) in [6.07, 6.45) is -1.83. The number of aliphatic hydroxyl groups excluding tert-OH is 2. The molecule has 3 unspecified atom stereocenters. The van der Waals surface area contributed by atoms with Gasteiger partial charge in [0, 0.05) is 6.04 Å². The van der Waals surface area contributed by atoms with Gasteiger partial charge in [-0.1, -0.05) is 0 Å². The van der Waals surface area contributed by atoms with Gasteiger partial charge in [-0.2, -0.15) is 0 Å². The standard InChI is InChI=1S/C6H14NO3/c1-4(7(3)10)6(9)5(2)8/h4-6,8-9H,1-3H3/q-1. The number of hydroxylamine groups is 2. The number of aliphatic hydroxyl groups is 2. The van der Waals surface area contributed by atoms with Gasteiger partial charge in [-0.25, -0.2) is 0 Å². The summed E-state index contributed by atoms with van der Waals surface area (Å²) in [4.78, 5) is 0. The van der Waals surface area contributed by atoms with E-state index in [0.29, 0.717) is 5.06 Å². The molecule has 0 saturated heterocycles. The van der Waals surface area contributed by atoms with Crippen LogP contribution >= 0.6 is 0 Å². The molecule has 0 fully saturated rings. The maximum atomic E-state index is 10.5. The van der Waals surface area contributed by atoms with E-state index in [2.05, 4.69) is 0 Å². The van der Waals surface area contributed by atoms with Crippen LogP contribution < -0.4 is 0 Å². The number of likely N-dealkylation sites (N-methyl/N-ethyl adjacent to an activating group) is 1. The van der Waals surface area contributed by atoms with Crippen molar-refractivity contribution in [3.8, 4) is 0 Å². The summed E-state index contributed by atoms with van der Waals surface area (Å²) in [6, 6.07) is -0.556. The first-order valence-corrected chi connectivity index (χ1v) is 3.23. The largest absolute Gasteiger partial charge is 0.785 e. The van der Waals surface area contributed by atoms with Gasteiger partial charge in [0.2, 0.25) is 0 Å². The molecular formula is C6H14NO3-. The Morgan fingerprint density at radius 2 is 1.70 bits per heavy atom. The third kappa shape index (κ3) is 2.62. The third-order valence-electron chi connectivity index (χ3n) is 1.56.